The van der Waals surface area contributed by atoms with Crippen LogP contribution in [0.25, 0.3) is 0 Å². The minimum Gasteiger partial charge on any atom is -0.481 e. The Balaban J connectivity index is 2.38. The van der Waals surface area contributed by atoms with Crippen LogP contribution in [0.2, 0.25) is 0 Å². The van der Waals surface area contributed by atoms with E-state index < -0.39 is 0 Å². The van der Waals surface area contributed by atoms with Crippen molar-refractivity contribution in [3.63, 3.8) is 0 Å². The Hall–Kier alpha value is -1.36. The summed E-state index contributed by atoms with van der Waals surface area (Å²) in [7, 11) is 1.59. The number of nitrogens with one attached hydrogen (secondary N) is 1. The van der Waals surface area contributed by atoms with E-state index in [9.17, 15) is 0 Å². The van der Waals surface area contributed by atoms with E-state index in [1.165, 1.54) is 0 Å². The number of aromatic nitrogens is 2. The predicted molar refractivity (Wildman–Crippen MR) is 62.7 cm³/mol. The minimum atomic E-state index is 0.264. The smallest absolute Gasteiger partial charge is 0.218 e. The van der Waals surface area contributed by atoms with Gasteiger partial charge in [0.1, 0.15) is 11.6 Å². The summed E-state index contributed by atoms with van der Waals surface area (Å²) in [5.41, 5.74) is 0. The molecule has 0 fully saturated rings. The number of nitrogens with zero attached hydrogens (tertiary/aromatic N) is 2. The fourth-order valence-corrected chi connectivity index (χ4v) is 1.37. The molecule has 0 saturated heterocycles. The van der Waals surface area contributed by atoms with Gasteiger partial charge in [0.25, 0.3) is 0 Å². The summed E-state index contributed by atoms with van der Waals surface area (Å²) in [6, 6.07) is 1.78. The second-order valence-corrected chi connectivity index (χ2v) is 3.55. The molecular weight excluding hydrogens is 206 g/mol. The maximum absolute atomic E-state index is 8.63. The van der Waals surface area contributed by atoms with Crippen molar-refractivity contribution in [1.82, 2.24) is 9.97 Å². The number of anilines is 1. The number of ether oxygens (including phenoxy) is 1. The molecule has 0 radical (unpaired) electrons. The lowest BCUT2D eigenvalue weighted by Crippen LogP contribution is -2.05. The number of unbranched alkanes of at least 4 members (excludes halogenated alkanes) is 2. The number of hydrogen-bond donors (Lipinski definition) is 2. The van der Waals surface area contributed by atoms with E-state index in [1.807, 2.05) is 6.92 Å². The van der Waals surface area contributed by atoms with Crippen molar-refractivity contribution in [2.24, 2.45) is 0 Å². The van der Waals surface area contributed by atoms with Gasteiger partial charge in [-0.05, 0) is 26.2 Å². The number of aliphatic hydroxyl groups is 1. The molecule has 90 valence electrons. The van der Waals surface area contributed by atoms with Crippen LogP contribution >= 0.6 is 0 Å². The normalized spacial score (nSPS) is 10.2. The Morgan fingerprint density at radius 3 is 2.81 bits per heavy atom. The third kappa shape index (κ3) is 4.44. The van der Waals surface area contributed by atoms with E-state index in [-0.39, 0.29) is 6.61 Å². The van der Waals surface area contributed by atoms with Gasteiger partial charge in [-0.25, -0.2) is 4.98 Å². The molecule has 5 nitrogen and oxygen atoms in total. The topological polar surface area (TPSA) is 67.3 Å². The van der Waals surface area contributed by atoms with Gasteiger partial charge >= 0.3 is 0 Å². The highest BCUT2D eigenvalue weighted by atomic mass is 16.5. The molecule has 16 heavy (non-hydrogen) atoms. The highest BCUT2D eigenvalue weighted by molar-refractivity contribution is 5.38. The van der Waals surface area contributed by atoms with E-state index >= 15 is 0 Å². The molecule has 0 bridgehead atoms. The molecule has 0 saturated carbocycles. The molecule has 1 aromatic rings. The number of methoxy groups -OCH3 is 1. The van der Waals surface area contributed by atoms with Crippen LogP contribution in [-0.2, 0) is 0 Å². The van der Waals surface area contributed by atoms with Gasteiger partial charge in [-0.2, -0.15) is 4.98 Å². The van der Waals surface area contributed by atoms with Crippen LogP contribution in [0.3, 0.4) is 0 Å². The fraction of sp³-hybridized carbons (Fsp3) is 0.636. The predicted octanol–water partition coefficient (Wildman–Crippen LogP) is 1.37. The van der Waals surface area contributed by atoms with E-state index in [4.69, 9.17) is 9.84 Å². The highest BCUT2D eigenvalue weighted by Crippen LogP contribution is 2.12. The van der Waals surface area contributed by atoms with Crippen LogP contribution in [0.5, 0.6) is 5.88 Å². The molecule has 0 atom stereocenters. The summed E-state index contributed by atoms with van der Waals surface area (Å²) < 4.78 is 5.06. The highest BCUT2D eigenvalue weighted by Gasteiger charge is 2.00. The van der Waals surface area contributed by atoms with E-state index in [1.54, 1.807) is 13.2 Å². The lowest BCUT2D eigenvalue weighted by atomic mass is 10.2. The molecule has 0 aliphatic carbocycles. The van der Waals surface area contributed by atoms with Gasteiger partial charge in [-0.1, -0.05) is 0 Å². The maximum Gasteiger partial charge on any atom is 0.218 e. The number of rotatable bonds is 7. The molecule has 0 unspecified atom stereocenters. The molecule has 5 heteroatoms. The summed E-state index contributed by atoms with van der Waals surface area (Å²) in [6.45, 7) is 2.94. The zero-order chi connectivity index (χ0) is 11.8. The van der Waals surface area contributed by atoms with Gasteiger partial charge in [-0.15, -0.1) is 0 Å². The molecule has 0 aliphatic rings. The summed E-state index contributed by atoms with van der Waals surface area (Å²) in [5, 5.41) is 11.8. The van der Waals surface area contributed by atoms with Crippen LogP contribution in [0.15, 0.2) is 6.07 Å². The lowest BCUT2D eigenvalue weighted by Gasteiger charge is -2.07. The van der Waals surface area contributed by atoms with Gasteiger partial charge in [0.2, 0.25) is 5.88 Å². The number of hydrogen-bond acceptors (Lipinski definition) is 5. The molecule has 1 heterocycles. The first-order valence-electron chi connectivity index (χ1n) is 5.50. The molecule has 1 rings (SSSR count). The molecule has 0 aliphatic heterocycles. The van der Waals surface area contributed by atoms with E-state index in [2.05, 4.69) is 15.3 Å². The van der Waals surface area contributed by atoms with E-state index in [0.717, 1.165) is 31.6 Å². The van der Waals surface area contributed by atoms with Crippen LogP contribution < -0.4 is 10.1 Å². The van der Waals surface area contributed by atoms with Crippen LogP contribution in [-0.4, -0.2) is 35.3 Å². The van der Waals surface area contributed by atoms with Gasteiger partial charge in [0.05, 0.1) is 7.11 Å². The number of aliphatic hydroxyl groups excluding tert-OH is 1. The summed E-state index contributed by atoms with van der Waals surface area (Å²) in [6.07, 6.45) is 2.89. The van der Waals surface area contributed by atoms with Crippen LogP contribution in [0.4, 0.5) is 5.82 Å². The molecule has 0 spiro atoms. The Kier molecular flexibility index (Phi) is 5.56. The molecule has 0 amide bonds. The average Bonchev–Trinajstić information content (AvgIpc) is 2.28. The van der Waals surface area contributed by atoms with Crippen molar-refractivity contribution < 1.29 is 9.84 Å². The first-order chi connectivity index (χ1) is 7.76. The van der Waals surface area contributed by atoms with Crippen molar-refractivity contribution in [1.29, 1.82) is 0 Å². The zero-order valence-electron chi connectivity index (χ0n) is 9.86. The summed E-state index contributed by atoms with van der Waals surface area (Å²) >= 11 is 0. The van der Waals surface area contributed by atoms with Crippen molar-refractivity contribution in [3.8, 4) is 5.88 Å². The SMILES string of the molecule is COc1cc(NCCCCCO)nc(C)n1. The average molecular weight is 225 g/mol. The second kappa shape index (κ2) is 7.00. The Morgan fingerprint density at radius 2 is 2.12 bits per heavy atom. The molecular formula is C11H19N3O2. The zero-order valence-corrected chi connectivity index (χ0v) is 9.86. The number of aryl methyl sites for hydroxylation is 1. The molecule has 2 N–H and O–H groups in total. The van der Waals surface area contributed by atoms with Crippen molar-refractivity contribution in [2.75, 3.05) is 25.6 Å². The third-order valence-corrected chi connectivity index (χ3v) is 2.16. The minimum absolute atomic E-state index is 0.264. The first-order valence-corrected chi connectivity index (χ1v) is 5.50. The van der Waals surface area contributed by atoms with Crippen molar-refractivity contribution >= 4 is 5.82 Å². The Labute approximate surface area is 95.9 Å². The molecule has 0 aromatic carbocycles. The van der Waals surface area contributed by atoms with Gasteiger partial charge in [-0.3, -0.25) is 0 Å². The quantitative estimate of drug-likeness (QED) is 0.686. The van der Waals surface area contributed by atoms with Gasteiger partial charge in [0.15, 0.2) is 0 Å². The molecule has 1 aromatic heterocycles. The maximum atomic E-state index is 8.63. The Morgan fingerprint density at radius 1 is 1.31 bits per heavy atom. The monoisotopic (exact) mass is 225 g/mol. The van der Waals surface area contributed by atoms with Gasteiger partial charge in [0, 0.05) is 19.2 Å². The first kappa shape index (κ1) is 12.7. The Bertz CT molecular complexity index is 318. The summed E-state index contributed by atoms with van der Waals surface area (Å²) in [5.74, 6) is 2.05. The second-order valence-electron chi connectivity index (χ2n) is 3.55. The van der Waals surface area contributed by atoms with Crippen LogP contribution in [0.1, 0.15) is 25.1 Å². The third-order valence-electron chi connectivity index (χ3n) is 2.16. The largest absolute Gasteiger partial charge is 0.481 e. The van der Waals surface area contributed by atoms with E-state index in [0.29, 0.717) is 11.7 Å². The van der Waals surface area contributed by atoms with Crippen molar-refractivity contribution in [3.05, 3.63) is 11.9 Å². The lowest BCUT2D eigenvalue weighted by molar-refractivity contribution is 0.283. The van der Waals surface area contributed by atoms with Crippen LogP contribution in [0, 0.1) is 6.92 Å². The fourth-order valence-electron chi connectivity index (χ4n) is 1.37. The summed E-state index contributed by atoms with van der Waals surface area (Å²) in [4.78, 5) is 8.35. The van der Waals surface area contributed by atoms with Crippen molar-refractivity contribution in [2.45, 2.75) is 26.2 Å². The standard InChI is InChI=1S/C11H19N3O2/c1-9-13-10(8-11(14-9)16-2)12-6-4-3-5-7-15/h8,15H,3-7H2,1-2H3,(H,12,13,14). The van der Waals surface area contributed by atoms with Gasteiger partial charge < -0.3 is 15.2 Å².